The molecule has 0 bridgehead atoms. The molecule has 1 unspecified atom stereocenters. The molecule has 1 aromatic rings. The van der Waals surface area contributed by atoms with Gasteiger partial charge in [0.25, 0.3) is 0 Å². The van der Waals surface area contributed by atoms with Gasteiger partial charge in [0.15, 0.2) is 0 Å². The van der Waals surface area contributed by atoms with Crippen molar-refractivity contribution in [2.45, 2.75) is 90.5 Å². The van der Waals surface area contributed by atoms with Crippen molar-refractivity contribution in [3.8, 4) is 0 Å². The molecule has 1 heterocycles. The van der Waals surface area contributed by atoms with Crippen LogP contribution in [0.4, 0.5) is 0 Å². The third-order valence-corrected chi connectivity index (χ3v) is 4.32. The minimum absolute atomic E-state index is 0.160. The zero-order valence-corrected chi connectivity index (χ0v) is 14.4. The summed E-state index contributed by atoms with van der Waals surface area (Å²) >= 11 is 0. The first-order chi connectivity index (χ1) is 10.1. The van der Waals surface area contributed by atoms with Crippen molar-refractivity contribution in [2.24, 2.45) is 12.8 Å². The predicted octanol–water partition coefficient (Wildman–Crippen LogP) is 5.04. The highest BCUT2D eigenvalue weighted by atomic mass is 15.2. The number of nitrogens with two attached hydrogens (primary N) is 1. The van der Waals surface area contributed by atoms with Gasteiger partial charge in [-0.15, -0.1) is 0 Å². The third-order valence-electron chi connectivity index (χ3n) is 4.32. The monoisotopic (exact) mass is 293 g/mol. The summed E-state index contributed by atoms with van der Waals surface area (Å²) in [4.78, 5) is 0. The Bertz CT molecular complexity index is 371. The van der Waals surface area contributed by atoms with Crippen LogP contribution in [0.5, 0.6) is 0 Å². The second kappa shape index (κ2) is 10.8. The second-order valence-electron chi connectivity index (χ2n) is 6.42. The number of nitrogens with zero attached hydrogens (tertiary/aromatic N) is 2. The lowest BCUT2D eigenvalue weighted by Gasteiger charge is -2.10. The summed E-state index contributed by atoms with van der Waals surface area (Å²) in [6.07, 6.45) is 16.9. The van der Waals surface area contributed by atoms with Gasteiger partial charge < -0.3 is 5.73 Å². The van der Waals surface area contributed by atoms with Gasteiger partial charge in [-0.2, -0.15) is 5.10 Å². The van der Waals surface area contributed by atoms with Gasteiger partial charge in [0.2, 0.25) is 0 Å². The van der Waals surface area contributed by atoms with Gasteiger partial charge >= 0.3 is 0 Å². The molecule has 0 saturated heterocycles. The smallest absolute Gasteiger partial charge is 0.0641 e. The zero-order chi connectivity index (χ0) is 15.5. The Hall–Kier alpha value is -0.830. The fourth-order valence-electron chi connectivity index (χ4n) is 2.99. The standard InChI is InChI=1S/C18H35N3/c1-4-5-6-7-8-9-10-11-12-13-14-18(19)17-15-21(3)20-16(17)2/h15,18H,4-14,19H2,1-3H3. The molecular formula is C18H35N3. The zero-order valence-electron chi connectivity index (χ0n) is 14.4. The van der Waals surface area contributed by atoms with Crippen LogP contribution in [0.1, 0.15) is 94.9 Å². The molecule has 0 radical (unpaired) electrons. The van der Waals surface area contributed by atoms with Crippen molar-refractivity contribution in [1.82, 2.24) is 9.78 Å². The summed E-state index contributed by atoms with van der Waals surface area (Å²) in [6.45, 7) is 4.32. The molecule has 1 aromatic heterocycles. The Labute approximate surface area is 131 Å². The highest BCUT2D eigenvalue weighted by Gasteiger charge is 2.11. The van der Waals surface area contributed by atoms with Crippen molar-refractivity contribution in [2.75, 3.05) is 0 Å². The first-order valence-corrected chi connectivity index (χ1v) is 8.91. The predicted molar refractivity (Wildman–Crippen MR) is 91.3 cm³/mol. The van der Waals surface area contributed by atoms with Crippen LogP contribution in [0.25, 0.3) is 0 Å². The quantitative estimate of drug-likeness (QED) is 0.549. The highest BCUT2D eigenvalue weighted by molar-refractivity contribution is 5.19. The van der Waals surface area contributed by atoms with Crippen molar-refractivity contribution >= 4 is 0 Å². The molecule has 0 aromatic carbocycles. The maximum atomic E-state index is 6.26. The van der Waals surface area contributed by atoms with E-state index < -0.39 is 0 Å². The number of hydrogen-bond acceptors (Lipinski definition) is 2. The van der Waals surface area contributed by atoms with Crippen molar-refractivity contribution in [3.05, 3.63) is 17.5 Å². The molecular weight excluding hydrogens is 258 g/mol. The average Bonchev–Trinajstić information content (AvgIpc) is 2.79. The summed E-state index contributed by atoms with van der Waals surface area (Å²) < 4.78 is 1.86. The molecule has 122 valence electrons. The maximum Gasteiger partial charge on any atom is 0.0641 e. The topological polar surface area (TPSA) is 43.8 Å². The summed E-state index contributed by atoms with van der Waals surface area (Å²) in [6, 6.07) is 0.160. The van der Waals surface area contributed by atoms with Gasteiger partial charge in [0.1, 0.15) is 0 Å². The van der Waals surface area contributed by atoms with E-state index in [9.17, 15) is 0 Å². The van der Waals surface area contributed by atoms with Crippen molar-refractivity contribution < 1.29 is 0 Å². The first kappa shape index (κ1) is 18.2. The number of rotatable bonds is 12. The molecule has 0 aliphatic carbocycles. The van der Waals surface area contributed by atoms with E-state index >= 15 is 0 Å². The van der Waals surface area contributed by atoms with E-state index in [2.05, 4.69) is 18.2 Å². The Kier molecular flexibility index (Phi) is 9.40. The van der Waals surface area contributed by atoms with E-state index in [0.717, 1.165) is 12.1 Å². The lowest BCUT2D eigenvalue weighted by molar-refractivity contribution is 0.528. The summed E-state index contributed by atoms with van der Waals surface area (Å²) in [5.41, 5.74) is 8.56. The largest absolute Gasteiger partial charge is 0.324 e. The molecule has 0 spiro atoms. The molecule has 1 rings (SSSR count). The van der Waals surface area contributed by atoms with E-state index in [1.165, 1.54) is 69.8 Å². The fraction of sp³-hybridized carbons (Fsp3) is 0.833. The number of aryl methyl sites for hydroxylation is 2. The summed E-state index contributed by atoms with van der Waals surface area (Å²) in [5, 5.41) is 4.37. The van der Waals surface area contributed by atoms with Crippen LogP contribution in [0.3, 0.4) is 0 Å². The van der Waals surface area contributed by atoms with Gasteiger partial charge in [0.05, 0.1) is 5.69 Å². The van der Waals surface area contributed by atoms with Crippen LogP contribution < -0.4 is 5.73 Å². The minimum atomic E-state index is 0.160. The molecule has 0 fully saturated rings. The van der Waals surface area contributed by atoms with Crippen LogP contribution >= 0.6 is 0 Å². The fourth-order valence-corrected chi connectivity index (χ4v) is 2.99. The Morgan fingerprint density at radius 1 is 1.00 bits per heavy atom. The van der Waals surface area contributed by atoms with Gasteiger partial charge in [0, 0.05) is 24.8 Å². The van der Waals surface area contributed by atoms with E-state index in [1.54, 1.807) is 0 Å². The normalized spacial score (nSPS) is 12.8. The lowest BCUT2D eigenvalue weighted by Crippen LogP contribution is -2.10. The number of unbranched alkanes of at least 4 members (excludes halogenated alkanes) is 9. The lowest BCUT2D eigenvalue weighted by atomic mass is 10.0. The molecule has 3 heteroatoms. The van der Waals surface area contributed by atoms with Crippen LogP contribution in [-0.4, -0.2) is 9.78 Å². The van der Waals surface area contributed by atoms with Crippen molar-refractivity contribution in [3.63, 3.8) is 0 Å². The van der Waals surface area contributed by atoms with Crippen LogP contribution in [0.15, 0.2) is 6.20 Å². The molecule has 0 aliphatic heterocycles. The third kappa shape index (κ3) is 7.66. The van der Waals surface area contributed by atoms with Gasteiger partial charge in [-0.05, 0) is 13.3 Å². The minimum Gasteiger partial charge on any atom is -0.324 e. The van der Waals surface area contributed by atoms with Gasteiger partial charge in [-0.25, -0.2) is 0 Å². The maximum absolute atomic E-state index is 6.26. The molecule has 1 atom stereocenters. The molecule has 0 saturated carbocycles. The summed E-state index contributed by atoms with van der Waals surface area (Å²) in [5.74, 6) is 0. The Morgan fingerprint density at radius 2 is 1.52 bits per heavy atom. The molecule has 2 N–H and O–H groups in total. The van der Waals surface area contributed by atoms with E-state index in [1.807, 2.05) is 18.7 Å². The van der Waals surface area contributed by atoms with Crippen LogP contribution in [0.2, 0.25) is 0 Å². The summed E-state index contributed by atoms with van der Waals surface area (Å²) in [7, 11) is 1.96. The Morgan fingerprint density at radius 3 is 2.00 bits per heavy atom. The average molecular weight is 293 g/mol. The molecule has 0 aliphatic rings. The van der Waals surface area contributed by atoms with Gasteiger partial charge in [-0.3, -0.25) is 4.68 Å². The SMILES string of the molecule is CCCCCCCCCCCCC(N)c1cn(C)nc1C. The molecule has 0 amide bonds. The van der Waals surface area contributed by atoms with Crippen LogP contribution in [-0.2, 0) is 7.05 Å². The first-order valence-electron chi connectivity index (χ1n) is 8.91. The van der Waals surface area contributed by atoms with Crippen LogP contribution in [0, 0.1) is 6.92 Å². The van der Waals surface area contributed by atoms with E-state index in [-0.39, 0.29) is 6.04 Å². The van der Waals surface area contributed by atoms with E-state index in [0.29, 0.717) is 0 Å². The van der Waals surface area contributed by atoms with E-state index in [4.69, 9.17) is 5.73 Å². The van der Waals surface area contributed by atoms with Gasteiger partial charge in [-0.1, -0.05) is 71.1 Å². The second-order valence-corrected chi connectivity index (χ2v) is 6.42. The van der Waals surface area contributed by atoms with Crippen molar-refractivity contribution in [1.29, 1.82) is 0 Å². The number of aromatic nitrogens is 2. The molecule has 21 heavy (non-hydrogen) atoms. The number of hydrogen-bond donors (Lipinski definition) is 1. The molecule has 3 nitrogen and oxygen atoms in total. The highest BCUT2D eigenvalue weighted by Crippen LogP contribution is 2.20. The Balaban J connectivity index is 1.98.